The lowest BCUT2D eigenvalue weighted by Gasteiger charge is -2.28. The molecule has 12 nitrogen and oxygen atoms in total. The minimum Gasteiger partial charge on any atom is -0.507 e. The number of benzene rings is 2. The molecule has 1 aliphatic rings. The highest BCUT2D eigenvalue weighted by Gasteiger charge is 2.32. The van der Waals surface area contributed by atoms with Crippen LogP contribution in [0.3, 0.4) is 0 Å². The average Bonchev–Trinajstić information content (AvgIpc) is 2.92. The molecule has 12 heteroatoms. The van der Waals surface area contributed by atoms with E-state index >= 15 is 0 Å². The maximum Gasteiger partial charge on any atom is 0.337 e. The number of amides is 3. The van der Waals surface area contributed by atoms with E-state index in [2.05, 4.69) is 26.1 Å². The number of phenols is 1. The highest BCUT2D eigenvalue weighted by molar-refractivity contribution is 5.95. The zero-order valence-corrected chi connectivity index (χ0v) is 22.5. The third-order valence-electron chi connectivity index (χ3n) is 6.09. The molecule has 1 unspecified atom stereocenters. The Bertz CT molecular complexity index is 1290. The summed E-state index contributed by atoms with van der Waals surface area (Å²) in [5, 5.41) is 19.4. The van der Waals surface area contributed by atoms with E-state index in [0.717, 1.165) is 18.8 Å². The molecule has 2 aromatic carbocycles. The molecule has 0 spiro atoms. The summed E-state index contributed by atoms with van der Waals surface area (Å²) in [6, 6.07) is 8.81. The monoisotopic (exact) mass is 539 g/mol. The molecular formula is C27H33N5O7. The summed E-state index contributed by atoms with van der Waals surface area (Å²) in [5.74, 6) is -0.519. The number of esters is 1. The van der Waals surface area contributed by atoms with Gasteiger partial charge in [0.15, 0.2) is 18.1 Å². The van der Waals surface area contributed by atoms with E-state index in [1.54, 1.807) is 37.3 Å². The van der Waals surface area contributed by atoms with Crippen LogP contribution >= 0.6 is 0 Å². The number of urea groups is 1. The molecular weight excluding hydrogens is 506 g/mol. The number of aromatic hydroxyl groups is 1. The molecule has 0 aliphatic carbocycles. The number of nitrogens with zero attached hydrogens (tertiary/aromatic N) is 2. The Morgan fingerprint density at radius 3 is 2.51 bits per heavy atom. The van der Waals surface area contributed by atoms with Gasteiger partial charge in [0.05, 0.1) is 32.0 Å². The molecule has 1 atom stereocenters. The molecule has 0 radical (unpaired) electrons. The van der Waals surface area contributed by atoms with Gasteiger partial charge in [-0.1, -0.05) is 6.07 Å². The van der Waals surface area contributed by atoms with Gasteiger partial charge in [-0.2, -0.15) is 5.10 Å². The molecule has 4 N–H and O–H groups in total. The normalized spacial score (nSPS) is 14.9. The first-order valence-corrected chi connectivity index (χ1v) is 12.3. The van der Waals surface area contributed by atoms with Crippen molar-refractivity contribution < 1.29 is 33.7 Å². The smallest absolute Gasteiger partial charge is 0.337 e. The van der Waals surface area contributed by atoms with Crippen molar-refractivity contribution in [1.82, 2.24) is 16.1 Å². The predicted octanol–water partition coefficient (Wildman–Crippen LogP) is 2.58. The van der Waals surface area contributed by atoms with Crippen LogP contribution in [-0.2, 0) is 14.3 Å². The number of rotatable bonds is 11. The first kappa shape index (κ1) is 28.8. The van der Waals surface area contributed by atoms with Crippen LogP contribution in [-0.4, -0.2) is 63.1 Å². The Morgan fingerprint density at radius 1 is 1.13 bits per heavy atom. The fourth-order valence-electron chi connectivity index (χ4n) is 4.08. The van der Waals surface area contributed by atoms with E-state index in [1.807, 2.05) is 19.9 Å². The summed E-state index contributed by atoms with van der Waals surface area (Å²) in [6.45, 7) is 6.93. The van der Waals surface area contributed by atoms with Gasteiger partial charge in [-0.05, 0) is 50.6 Å². The van der Waals surface area contributed by atoms with Crippen molar-refractivity contribution in [3.05, 3.63) is 58.8 Å². The number of nitrogens with one attached hydrogen (secondary N) is 3. The fourth-order valence-corrected chi connectivity index (χ4v) is 4.08. The van der Waals surface area contributed by atoms with E-state index in [0.29, 0.717) is 16.8 Å². The van der Waals surface area contributed by atoms with Gasteiger partial charge in [0.1, 0.15) is 5.75 Å². The molecule has 208 valence electrons. The molecule has 1 aliphatic heterocycles. The van der Waals surface area contributed by atoms with Crippen LogP contribution in [0.25, 0.3) is 0 Å². The molecule has 1 heterocycles. The van der Waals surface area contributed by atoms with E-state index < -0.39 is 23.9 Å². The molecule has 3 amide bonds. The standard InChI is InChI=1S/C27H33N5O7/c1-6-32(7-2)19-10-8-18(20(33)13-19)14-28-31-23(34)15-39-21-11-9-17(12-22(21)37-4)25-24(26(35)38-5)16(3)29-27(36)30-25/h8-14,25,33H,6-7,15H2,1-5H3,(H,31,34)(H2,29,30,36). The SMILES string of the molecule is CCN(CC)c1ccc(C=NNC(=O)COc2ccc(C3NC(=O)NC(C)=C3C(=O)OC)cc2OC)c(O)c1. The third-order valence-corrected chi connectivity index (χ3v) is 6.09. The van der Waals surface area contributed by atoms with Crippen molar-refractivity contribution in [2.75, 3.05) is 38.8 Å². The predicted molar refractivity (Wildman–Crippen MR) is 145 cm³/mol. The Kier molecular flexibility index (Phi) is 9.74. The number of carbonyl (C=O) groups is 3. The fraction of sp³-hybridized carbons (Fsp3) is 0.333. The van der Waals surface area contributed by atoms with Gasteiger partial charge < -0.3 is 34.9 Å². The van der Waals surface area contributed by atoms with Crippen LogP contribution in [0.2, 0.25) is 0 Å². The molecule has 0 bridgehead atoms. The topological polar surface area (TPSA) is 151 Å². The number of hydrogen-bond donors (Lipinski definition) is 4. The van der Waals surface area contributed by atoms with Gasteiger partial charge in [0, 0.05) is 36.1 Å². The summed E-state index contributed by atoms with van der Waals surface area (Å²) >= 11 is 0. The van der Waals surface area contributed by atoms with Crippen LogP contribution in [0.5, 0.6) is 17.2 Å². The van der Waals surface area contributed by atoms with E-state index in [-0.39, 0.29) is 29.4 Å². The highest BCUT2D eigenvalue weighted by Crippen LogP contribution is 2.34. The average molecular weight is 540 g/mol. The zero-order valence-electron chi connectivity index (χ0n) is 22.5. The number of allylic oxidation sites excluding steroid dienone is 1. The highest BCUT2D eigenvalue weighted by atomic mass is 16.5. The third kappa shape index (κ3) is 6.98. The van der Waals surface area contributed by atoms with Gasteiger partial charge >= 0.3 is 12.0 Å². The van der Waals surface area contributed by atoms with Crippen molar-refractivity contribution in [3.8, 4) is 17.2 Å². The van der Waals surface area contributed by atoms with Crippen molar-refractivity contribution in [2.45, 2.75) is 26.8 Å². The second-order valence-electron chi connectivity index (χ2n) is 8.47. The summed E-state index contributed by atoms with van der Waals surface area (Å²) in [4.78, 5) is 38.7. The number of ether oxygens (including phenoxy) is 3. The zero-order chi connectivity index (χ0) is 28.5. The first-order chi connectivity index (χ1) is 18.7. The summed E-state index contributed by atoms with van der Waals surface area (Å²) in [5.41, 5.74) is 4.87. The van der Waals surface area contributed by atoms with Gasteiger partial charge in [-0.25, -0.2) is 15.0 Å². The minimum absolute atomic E-state index is 0.0452. The van der Waals surface area contributed by atoms with Crippen LogP contribution in [0.1, 0.15) is 37.9 Å². The molecule has 0 fully saturated rings. The number of phenolic OH excluding ortho intramolecular Hbond substituents is 1. The summed E-state index contributed by atoms with van der Waals surface area (Å²) in [7, 11) is 2.69. The van der Waals surface area contributed by atoms with Gasteiger partial charge in [0.2, 0.25) is 0 Å². The summed E-state index contributed by atoms with van der Waals surface area (Å²) in [6.07, 6.45) is 1.34. The number of carbonyl (C=O) groups excluding carboxylic acids is 3. The van der Waals surface area contributed by atoms with Crippen molar-refractivity contribution in [1.29, 1.82) is 0 Å². The molecule has 0 saturated carbocycles. The van der Waals surface area contributed by atoms with Gasteiger partial charge in [-0.15, -0.1) is 0 Å². The first-order valence-electron chi connectivity index (χ1n) is 12.3. The number of hydrogen-bond acceptors (Lipinski definition) is 9. The minimum atomic E-state index is -0.774. The molecule has 0 aromatic heterocycles. The lowest BCUT2D eigenvalue weighted by molar-refractivity contribution is -0.136. The molecule has 3 rings (SSSR count). The van der Waals surface area contributed by atoms with Crippen molar-refractivity contribution >= 4 is 29.8 Å². The van der Waals surface area contributed by atoms with Crippen LogP contribution in [0.15, 0.2) is 52.8 Å². The molecule has 39 heavy (non-hydrogen) atoms. The quantitative estimate of drug-likeness (QED) is 0.193. The lowest BCUT2D eigenvalue weighted by Crippen LogP contribution is -2.45. The molecule has 0 saturated heterocycles. The Labute approximate surface area is 226 Å². The van der Waals surface area contributed by atoms with E-state index in [1.165, 1.54) is 20.4 Å². The maximum atomic E-state index is 12.3. The van der Waals surface area contributed by atoms with Crippen molar-refractivity contribution in [2.24, 2.45) is 5.10 Å². The van der Waals surface area contributed by atoms with E-state index in [4.69, 9.17) is 14.2 Å². The Balaban J connectivity index is 1.65. The van der Waals surface area contributed by atoms with Crippen LogP contribution in [0, 0.1) is 0 Å². The van der Waals surface area contributed by atoms with Crippen LogP contribution < -0.4 is 30.4 Å². The van der Waals surface area contributed by atoms with Crippen molar-refractivity contribution in [3.63, 3.8) is 0 Å². The molecule has 2 aromatic rings. The largest absolute Gasteiger partial charge is 0.507 e. The van der Waals surface area contributed by atoms with Crippen LogP contribution in [0.4, 0.5) is 10.5 Å². The number of methoxy groups -OCH3 is 2. The maximum absolute atomic E-state index is 12.3. The van der Waals surface area contributed by atoms with Gasteiger partial charge in [-0.3, -0.25) is 4.79 Å². The second kappa shape index (κ2) is 13.2. The van der Waals surface area contributed by atoms with E-state index in [9.17, 15) is 19.5 Å². The Morgan fingerprint density at radius 2 is 1.87 bits per heavy atom. The lowest BCUT2D eigenvalue weighted by atomic mass is 9.95. The second-order valence-corrected chi connectivity index (χ2v) is 8.47. The number of anilines is 1. The number of hydrazone groups is 1. The Hall–Kier alpha value is -4.74. The van der Waals surface area contributed by atoms with Gasteiger partial charge in [0.25, 0.3) is 5.91 Å². The summed E-state index contributed by atoms with van der Waals surface area (Å²) < 4.78 is 15.9.